The molecule has 0 aromatic carbocycles. The van der Waals surface area contributed by atoms with Gasteiger partial charge in [0.25, 0.3) is 0 Å². The molecule has 2 fully saturated rings. The Bertz CT molecular complexity index is 191. The fraction of sp³-hybridized carbons (Fsp3) is 1.00. The molecule has 0 bridgehead atoms. The van der Waals surface area contributed by atoms with Gasteiger partial charge in [-0.15, -0.1) is 0 Å². The van der Waals surface area contributed by atoms with Crippen LogP contribution in [0.4, 0.5) is 0 Å². The lowest BCUT2D eigenvalue weighted by Crippen LogP contribution is -2.04. The average molecular weight is 313 g/mol. The number of hydrogen-bond acceptors (Lipinski definition) is 5. The molecule has 0 aromatic rings. The van der Waals surface area contributed by atoms with Crippen LogP contribution in [0.3, 0.4) is 0 Å². The van der Waals surface area contributed by atoms with Crippen molar-refractivity contribution >= 4 is 58.8 Å². The number of rotatable bonds is 10. The third-order valence-electron chi connectivity index (χ3n) is 2.39. The monoisotopic (exact) mass is 312 g/mol. The Morgan fingerprint density at radius 3 is 2.31 bits per heavy atom. The van der Waals surface area contributed by atoms with Gasteiger partial charge < -0.3 is 0 Å². The minimum Gasteiger partial charge on any atom is -0.160 e. The van der Waals surface area contributed by atoms with Crippen molar-refractivity contribution in [2.45, 2.75) is 22.7 Å². The van der Waals surface area contributed by atoms with E-state index in [0.717, 1.165) is 15.7 Å². The summed E-state index contributed by atoms with van der Waals surface area (Å²) in [5.74, 6) is 9.69. The van der Waals surface area contributed by atoms with Crippen molar-refractivity contribution in [3.63, 3.8) is 0 Å². The maximum Gasteiger partial charge on any atom is 0.0229 e. The van der Waals surface area contributed by atoms with Crippen molar-refractivity contribution in [1.82, 2.24) is 0 Å². The second-order valence-corrected chi connectivity index (χ2v) is 10.6. The molecule has 94 valence electrons. The van der Waals surface area contributed by atoms with Crippen LogP contribution in [0.2, 0.25) is 0 Å². The number of thioether (sulfide) groups is 5. The minimum absolute atomic E-state index is 0.852. The summed E-state index contributed by atoms with van der Waals surface area (Å²) in [5.41, 5.74) is 0. The molecule has 0 spiro atoms. The molecule has 0 N–H and O–H groups in total. The SMILES string of the molecule is CC(CSCC1CS1)SCCSCC1CS1. The summed E-state index contributed by atoms with van der Waals surface area (Å²) in [6.07, 6.45) is 0. The van der Waals surface area contributed by atoms with Crippen molar-refractivity contribution in [2.24, 2.45) is 0 Å². The second-order valence-electron chi connectivity index (χ2n) is 4.20. The zero-order valence-electron chi connectivity index (χ0n) is 9.72. The molecule has 0 amide bonds. The Morgan fingerprint density at radius 1 is 1.06 bits per heavy atom. The molecule has 2 heterocycles. The highest BCUT2D eigenvalue weighted by atomic mass is 32.2. The Labute approximate surface area is 121 Å². The lowest BCUT2D eigenvalue weighted by atomic mass is 10.6. The minimum atomic E-state index is 0.852. The molecule has 0 radical (unpaired) electrons. The summed E-state index contributed by atoms with van der Waals surface area (Å²) in [5, 5.41) is 2.87. The zero-order valence-corrected chi connectivity index (χ0v) is 13.8. The summed E-state index contributed by atoms with van der Waals surface area (Å²) >= 11 is 10.7. The third kappa shape index (κ3) is 7.24. The number of hydrogen-bond donors (Lipinski definition) is 0. The zero-order chi connectivity index (χ0) is 11.2. The second kappa shape index (κ2) is 8.03. The predicted molar refractivity (Wildman–Crippen MR) is 89.1 cm³/mol. The third-order valence-corrected chi connectivity index (χ3v) is 8.91. The van der Waals surface area contributed by atoms with Crippen LogP contribution >= 0.6 is 58.8 Å². The van der Waals surface area contributed by atoms with Gasteiger partial charge in [-0.1, -0.05) is 6.92 Å². The summed E-state index contributed by atoms with van der Waals surface area (Å²) < 4.78 is 0. The van der Waals surface area contributed by atoms with Crippen LogP contribution in [0.1, 0.15) is 6.92 Å². The molecule has 2 saturated heterocycles. The Kier molecular flexibility index (Phi) is 7.11. The normalized spacial score (nSPS) is 29.1. The molecule has 3 atom stereocenters. The summed E-state index contributed by atoms with van der Waals surface area (Å²) in [6, 6.07) is 0. The van der Waals surface area contributed by atoms with E-state index >= 15 is 0 Å². The quantitative estimate of drug-likeness (QED) is 0.443. The van der Waals surface area contributed by atoms with Crippen molar-refractivity contribution in [2.75, 3.05) is 40.3 Å². The van der Waals surface area contributed by atoms with Crippen molar-refractivity contribution < 1.29 is 0 Å². The maximum atomic E-state index is 2.39. The molecule has 0 aliphatic carbocycles. The van der Waals surface area contributed by atoms with Crippen molar-refractivity contribution in [3.05, 3.63) is 0 Å². The van der Waals surface area contributed by atoms with E-state index in [4.69, 9.17) is 0 Å². The molecule has 2 aliphatic rings. The van der Waals surface area contributed by atoms with E-state index < -0.39 is 0 Å². The molecule has 16 heavy (non-hydrogen) atoms. The first kappa shape index (κ1) is 14.2. The van der Waals surface area contributed by atoms with E-state index in [2.05, 4.69) is 65.7 Å². The standard InChI is InChI=1S/C11H20S5/c1-9(4-13-6-11-8-16-11)14-3-2-12-5-10-7-15-10/h9-11H,2-8H2,1H3. The molecule has 0 aromatic heterocycles. The van der Waals surface area contributed by atoms with E-state index in [1.807, 2.05) is 0 Å². The van der Waals surface area contributed by atoms with Crippen LogP contribution < -0.4 is 0 Å². The van der Waals surface area contributed by atoms with E-state index in [-0.39, 0.29) is 0 Å². The largest absolute Gasteiger partial charge is 0.160 e. The maximum absolute atomic E-state index is 2.39. The van der Waals surface area contributed by atoms with E-state index in [1.165, 1.54) is 40.3 Å². The van der Waals surface area contributed by atoms with Gasteiger partial charge in [-0.25, -0.2) is 0 Å². The lowest BCUT2D eigenvalue weighted by Gasteiger charge is -2.10. The van der Waals surface area contributed by atoms with Crippen LogP contribution in [-0.2, 0) is 0 Å². The van der Waals surface area contributed by atoms with E-state index in [1.54, 1.807) is 0 Å². The molecule has 5 heteroatoms. The van der Waals surface area contributed by atoms with Gasteiger partial charge in [0.2, 0.25) is 0 Å². The first-order valence-corrected chi connectivity index (χ1v) is 11.3. The molecular weight excluding hydrogens is 292 g/mol. The van der Waals surface area contributed by atoms with Gasteiger partial charge in [0.15, 0.2) is 0 Å². The van der Waals surface area contributed by atoms with Crippen molar-refractivity contribution in [3.8, 4) is 0 Å². The summed E-state index contributed by atoms with van der Waals surface area (Å²) in [6.45, 7) is 2.39. The topological polar surface area (TPSA) is 0 Å². The van der Waals surface area contributed by atoms with Gasteiger partial charge in [-0.3, -0.25) is 0 Å². The Hall–Kier alpha value is 1.75. The molecular formula is C11H20S5. The molecule has 2 aliphatic heterocycles. The van der Waals surface area contributed by atoms with Gasteiger partial charge in [0.1, 0.15) is 0 Å². The van der Waals surface area contributed by atoms with E-state index in [9.17, 15) is 0 Å². The van der Waals surface area contributed by atoms with Crippen LogP contribution in [0.25, 0.3) is 0 Å². The molecule has 2 rings (SSSR count). The van der Waals surface area contributed by atoms with Gasteiger partial charge in [0.05, 0.1) is 0 Å². The van der Waals surface area contributed by atoms with E-state index in [0.29, 0.717) is 0 Å². The molecule has 0 saturated carbocycles. The highest BCUT2D eigenvalue weighted by Gasteiger charge is 2.22. The molecule has 0 nitrogen and oxygen atoms in total. The molecule has 3 unspecified atom stereocenters. The smallest absolute Gasteiger partial charge is 0.0229 e. The van der Waals surface area contributed by atoms with Gasteiger partial charge in [-0.05, 0) is 0 Å². The first-order chi connectivity index (χ1) is 7.84. The lowest BCUT2D eigenvalue weighted by molar-refractivity contribution is 1.12. The summed E-state index contributed by atoms with van der Waals surface area (Å²) in [7, 11) is 0. The fourth-order valence-corrected chi connectivity index (χ4v) is 6.75. The van der Waals surface area contributed by atoms with Gasteiger partial charge in [-0.2, -0.15) is 58.8 Å². The van der Waals surface area contributed by atoms with Crippen LogP contribution in [0.5, 0.6) is 0 Å². The predicted octanol–water partition coefficient (Wildman–Crippen LogP) is 3.81. The van der Waals surface area contributed by atoms with Crippen LogP contribution in [0.15, 0.2) is 0 Å². The van der Waals surface area contributed by atoms with Crippen molar-refractivity contribution in [1.29, 1.82) is 0 Å². The highest BCUT2D eigenvalue weighted by molar-refractivity contribution is 8.09. The first-order valence-electron chi connectivity index (χ1n) is 5.85. The van der Waals surface area contributed by atoms with Crippen LogP contribution in [-0.4, -0.2) is 56.0 Å². The highest BCUT2D eigenvalue weighted by Crippen LogP contribution is 2.34. The Morgan fingerprint density at radius 2 is 1.69 bits per heavy atom. The fourth-order valence-electron chi connectivity index (χ4n) is 1.27. The Balaban J connectivity index is 1.33. The van der Waals surface area contributed by atoms with Gasteiger partial charge in [0, 0.05) is 56.0 Å². The average Bonchev–Trinajstić information content (AvgIpc) is 3.12. The van der Waals surface area contributed by atoms with Crippen LogP contribution in [0, 0.1) is 0 Å². The summed E-state index contributed by atoms with van der Waals surface area (Å²) in [4.78, 5) is 0. The van der Waals surface area contributed by atoms with Gasteiger partial charge >= 0.3 is 0 Å².